The molecule has 90 valence electrons. The van der Waals surface area contributed by atoms with Gasteiger partial charge in [-0.05, 0) is 46.5 Å². The van der Waals surface area contributed by atoms with Crippen molar-refractivity contribution in [1.82, 2.24) is 0 Å². The molecule has 1 saturated heterocycles. The molecule has 1 rings (SSSR count). The molecule has 1 heterocycles. The highest BCUT2D eigenvalue weighted by Crippen LogP contribution is 2.22. The van der Waals surface area contributed by atoms with Crippen molar-refractivity contribution < 1.29 is 14.2 Å². The second-order valence-electron chi connectivity index (χ2n) is 4.62. The van der Waals surface area contributed by atoms with E-state index < -0.39 is 0 Å². The predicted octanol–water partition coefficient (Wildman–Crippen LogP) is 2.73. The zero-order valence-corrected chi connectivity index (χ0v) is 10.3. The Morgan fingerprint density at radius 3 is 2.73 bits per heavy atom. The van der Waals surface area contributed by atoms with Gasteiger partial charge in [-0.25, -0.2) is 0 Å². The normalized spacial score (nSPS) is 23.0. The van der Waals surface area contributed by atoms with Crippen LogP contribution in [0.1, 0.15) is 46.5 Å². The lowest BCUT2D eigenvalue weighted by Crippen LogP contribution is -2.35. The summed E-state index contributed by atoms with van der Waals surface area (Å²) in [7, 11) is 0. The fraction of sp³-hybridized carbons (Fsp3) is 1.00. The van der Waals surface area contributed by atoms with Crippen LogP contribution in [0, 0.1) is 0 Å². The standard InChI is InChI=1S/C12H24O3/c1-4-13-10-8-12(2,3)15-11-7-5-6-9-14-11/h11H,4-10H2,1-3H3. The van der Waals surface area contributed by atoms with Crippen LogP contribution in [0.15, 0.2) is 0 Å². The van der Waals surface area contributed by atoms with E-state index in [1.807, 2.05) is 6.92 Å². The Kier molecular flexibility index (Phi) is 5.58. The van der Waals surface area contributed by atoms with Gasteiger partial charge in [0, 0.05) is 19.8 Å². The molecule has 1 atom stereocenters. The number of hydrogen-bond donors (Lipinski definition) is 0. The van der Waals surface area contributed by atoms with E-state index in [-0.39, 0.29) is 11.9 Å². The lowest BCUT2D eigenvalue weighted by atomic mass is 10.1. The Hall–Kier alpha value is -0.120. The van der Waals surface area contributed by atoms with Gasteiger partial charge >= 0.3 is 0 Å². The Morgan fingerprint density at radius 2 is 2.13 bits per heavy atom. The van der Waals surface area contributed by atoms with Gasteiger partial charge in [0.25, 0.3) is 0 Å². The largest absolute Gasteiger partial charge is 0.382 e. The topological polar surface area (TPSA) is 27.7 Å². The molecule has 3 heteroatoms. The molecular formula is C12H24O3. The van der Waals surface area contributed by atoms with Crippen LogP contribution >= 0.6 is 0 Å². The van der Waals surface area contributed by atoms with Crippen LogP contribution in [-0.2, 0) is 14.2 Å². The summed E-state index contributed by atoms with van der Waals surface area (Å²) in [5.41, 5.74) is -0.142. The summed E-state index contributed by atoms with van der Waals surface area (Å²) in [4.78, 5) is 0. The van der Waals surface area contributed by atoms with Gasteiger partial charge in [0.1, 0.15) is 0 Å². The van der Waals surface area contributed by atoms with Crippen molar-refractivity contribution in [2.75, 3.05) is 19.8 Å². The molecule has 0 aliphatic carbocycles. The SMILES string of the molecule is CCOCCC(C)(C)OC1CCCCO1. The lowest BCUT2D eigenvalue weighted by molar-refractivity contribution is -0.219. The van der Waals surface area contributed by atoms with Gasteiger partial charge in [0.05, 0.1) is 5.60 Å². The van der Waals surface area contributed by atoms with Crippen LogP contribution in [0.2, 0.25) is 0 Å². The van der Waals surface area contributed by atoms with Crippen LogP contribution in [0.4, 0.5) is 0 Å². The summed E-state index contributed by atoms with van der Waals surface area (Å²) < 4.78 is 16.8. The lowest BCUT2D eigenvalue weighted by Gasteiger charge is -2.32. The van der Waals surface area contributed by atoms with Crippen molar-refractivity contribution in [3.8, 4) is 0 Å². The molecule has 1 unspecified atom stereocenters. The van der Waals surface area contributed by atoms with E-state index >= 15 is 0 Å². The molecule has 0 amide bonds. The molecule has 0 bridgehead atoms. The highest BCUT2D eigenvalue weighted by Gasteiger charge is 2.25. The molecule has 1 aliphatic heterocycles. The first kappa shape index (κ1) is 12.9. The Bertz CT molecular complexity index is 162. The Balaban J connectivity index is 2.20. The monoisotopic (exact) mass is 216 g/mol. The van der Waals surface area contributed by atoms with Gasteiger partial charge in [-0.15, -0.1) is 0 Å². The molecular weight excluding hydrogens is 192 g/mol. The van der Waals surface area contributed by atoms with E-state index in [4.69, 9.17) is 14.2 Å². The molecule has 0 aromatic heterocycles. The highest BCUT2D eigenvalue weighted by molar-refractivity contribution is 4.70. The van der Waals surface area contributed by atoms with Crippen LogP contribution < -0.4 is 0 Å². The molecule has 15 heavy (non-hydrogen) atoms. The number of ether oxygens (including phenoxy) is 3. The van der Waals surface area contributed by atoms with Crippen LogP contribution in [0.3, 0.4) is 0 Å². The molecule has 1 fully saturated rings. The zero-order chi connectivity index (χ0) is 11.1. The zero-order valence-electron chi connectivity index (χ0n) is 10.3. The summed E-state index contributed by atoms with van der Waals surface area (Å²) >= 11 is 0. The summed E-state index contributed by atoms with van der Waals surface area (Å²) in [6, 6.07) is 0. The first-order valence-electron chi connectivity index (χ1n) is 6.01. The van der Waals surface area contributed by atoms with E-state index in [0.29, 0.717) is 0 Å². The van der Waals surface area contributed by atoms with Gasteiger partial charge in [0.15, 0.2) is 6.29 Å². The van der Waals surface area contributed by atoms with Gasteiger partial charge in [0.2, 0.25) is 0 Å². The van der Waals surface area contributed by atoms with Crippen LogP contribution in [0.5, 0.6) is 0 Å². The summed E-state index contributed by atoms with van der Waals surface area (Å²) in [6.45, 7) is 8.59. The molecule has 0 aromatic carbocycles. The Morgan fingerprint density at radius 1 is 1.33 bits per heavy atom. The van der Waals surface area contributed by atoms with Crippen molar-refractivity contribution in [3.05, 3.63) is 0 Å². The van der Waals surface area contributed by atoms with Gasteiger partial charge in [-0.3, -0.25) is 0 Å². The van der Waals surface area contributed by atoms with Crippen molar-refractivity contribution in [2.45, 2.75) is 58.3 Å². The van der Waals surface area contributed by atoms with Gasteiger partial charge in [-0.2, -0.15) is 0 Å². The van der Waals surface area contributed by atoms with E-state index in [9.17, 15) is 0 Å². The minimum absolute atomic E-state index is 0.00428. The quantitative estimate of drug-likeness (QED) is 0.639. The molecule has 0 radical (unpaired) electrons. The van der Waals surface area contributed by atoms with Crippen LogP contribution in [-0.4, -0.2) is 31.7 Å². The van der Waals surface area contributed by atoms with E-state index in [0.717, 1.165) is 32.7 Å². The van der Waals surface area contributed by atoms with E-state index in [2.05, 4.69) is 13.8 Å². The first-order chi connectivity index (χ1) is 7.14. The second kappa shape index (κ2) is 6.46. The smallest absolute Gasteiger partial charge is 0.158 e. The van der Waals surface area contributed by atoms with Gasteiger partial charge < -0.3 is 14.2 Å². The molecule has 3 nitrogen and oxygen atoms in total. The van der Waals surface area contributed by atoms with Crippen molar-refractivity contribution >= 4 is 0 Å². The average Bonchev–Trinajstić information content (AvgIpc) is 2.18. The van der Waals surface area contributed by atoms with Crippen molar-refractivity contribution in [1.29, 1.82) is 0 Å². The summed E-state index contributed by atoms with van der Waals surface area (Å²) in [5.74, 6) is 0. The molecule has 0 spiro atoms. The maximum atomic E-state index is 5.92. The van der Waals surface area contributed by atoms with Crippen LogP contribution in [0.25, 0.3) is 0 Å². The predicted molar refractivity (Wildman–Crippen MR) is 59.9 cm³/mol. The fourth-order valence-electron chi connectivity index (χ4n) is 1.68. The maximum absolute atomic E-state index is 5.92. The highest BCUT2D eigenvalue weighted by atomic mass is 16.7. The first-order valence-corrected chi connectivity index (χ1v) is 6.01. The summed E-state index contributed by atoms with van der Waals surface area (Å²) in [6.07, 6.45) is 4.32. The van der Waals surface area contributed by atoms with Crippen molar-refractivity contribution in [2.24, 2.45) is 0 Å². The third-order valence-electron chi connectivity index (χ3n) is 2.64. The molecule has 0 N–H and O–H groups in total. The van der Waals surface area contributed by atoms with E-state index in [1.54, 1.807) is 0 Å². The number of hydrogen-bond acceptors (Lipinski definition) is 3. The average molecular weight is 216 g/mol. The molecule has 1 aliphatic rings. The Labute approximate surface area is 93.1 Å². The minimum atomic E-state index is -0.142. The number of rotatable bonds is 6. The maximum Gasteiger partial charge on any atom is 0.158 e. The molecule has 0 saturated carbocycles. The summed E-state index contributed by atoms with van der Waals surface area (Å²) in [5, 5.41) is 0. The third kappa shape index (κ3) is 5.50. The van der Waals surface area contributed by atoms with E-state index in [1.165, 1.54) is 12.8 Å². The van der Waals surface area contributed by atoms with Gasteiger partial charge in [-0.1, -0.05) is 0 Å². The minimum Gasteiger partial charge on any atom is -0.382 e. The fourth-order valence-corrected chi connectivity index (χ4v) is 1.68. The third-order valence-corrected chi connectivity index (χ3v) is 2.64. The second-order valence-corrected chi connectivity index (χ2v) is 4.62. The van der Waals surface area contributed by atoms with Crippen molar-refractivity contribution in [3.63, 3.8) is 0 Å². The molecule has 0 aromatic rings.